The van der Waals surface area contributed by atoms with E-state index in [0.717, 1.165) is 65.0 Å². The Morgan fingerprint density at radius 3 is 2.62 bits per heavy atom. The molecule has 0 atom stereocenters. The van der Waals surface area contributed by atoms with Crippen LogP contribution in [0.3, 0.4) is 0 Å². The molecule has 0 bridgehead atoms. The lowest BCUT2D eigenvalue weighted by molar-refractivity contribution is 0.0664. The highest BCUT2D eigenvalue weighted by atomic mass is 16.2. The van der Waals surface area contributed by atoms with Gasteiger partial charge in [-0.1, -0.05) is 18.2 Å². The summed E-state index contributed by atoms with van der Waals surface area (Å²) in [7, 11) is 2.08. The topological polar surface area (TPSA) is 88.1 Å². The highest BCUT2D eigenvalue weighted by Crippen LogP contribution is 2.31. The normalized spacial score (nSPS) is 14.3. The Morgan fingerprint density at radius 2 is 1.84 bits per heavy atom. The van der Waals surface area contributed by atoms with Crippen LogP contribution in [0.4, 0.5) is 11.4 Å². The third kappa shape index (κ3) is 4.97. The molecule has 186 valence electrons. The van der Waals surface area contributed by atoms with E-state index in [-0.39, 0.29) is 5.91 Å². The van der Waals surface area contributed by atoms with Crippen LogP contribution in [0.1, 0.15) is 38.2 Å². The van der Waals surface area contributed by atoms with Gasteiger partial charge >= 0.3 is 0 Å². The van der Waals surface area contributed by atoms with Crippen molar-refractivity contribution < 1.29 is 4.79 Å². The van der Waals surface area contributed by atoms with Crippen molar-refractivity contribution in [2.24, 2.45) is 0 Å². The molecule has 2 aromatic heterocycles. The van der Waals surface area contributed by atoms with E-state index >= 15 is 0 Å². The molecule has 7 nitrogen and oxygen atoms in total. The number of nitriles is 1. The first-order valence-corrected chi connectivity index (χ1v) is 12.4. The average Bonchev–Trinajstić information content (AvgIpc) is 3.40. The van der Waals surface area contributed by atoms with E-state index in [1.165, 1.54) is 0 Å². The molecular formula is C30H30N6O. The molecular weight excluding hydrogens is 460 g/mol. The second kappa shape index (κ2) is 10.3. The first-order chi connectivity index (χ1) is 17.9. The van der Waals surface area contributed by atoms with E-state index in [1.54, 1.807) is 12.4 Å². The molecule has 1 saturated heterocycles. The number of fused-ring (bicyclic) bond motifs is 1. The third-order valence-electron chi connectivity index (χ3n) is 7.12. The maximum Gasteiger partial charge on any atom is 0.253 e. The van der Waals surface area contributed by atoms with Gasteiger partial charge < -0.3 is 20.1 Å². The van der Waals surface area contributed by atoms with Crippen molar-refractivity contribution in [3.63, 3.8) is 0 Å². The van der Waals surface area contributed by atoms with Crippen LogP contribution in [0.25, 0.3) is 23.1 Å². The van der Waals surface area contributed by atoms with Gasteiger partial charge in [-0.3, -0.25) is 9.78 Å². The minimum Gasteiger partial charge on any atom is -0.361 e. The Morgan fingerprint density at radius 1 is 1.05 bits per heavy atom. The highest BCUT2D eigenvalue weighted by Gasteiger charge is 2.20. The number of carbonyl (C=O) groups is 1. The molecule has 2 N–H and O–H groups in total. The van der Waals surface area contributed by atoms with Gasteiger partial charge in [0.25, 0.3) is 5.91 Å². The number of anilines is 2. The Hall–Kier alpha value is -4.41. The monoisotopic (exact) mass is 490 g/mol. The predicted molar refractivity (Wildman–Crippen MR) is 149 cm³/mol. The average molecular weight is 491 g/mol. The highest BCUT2D eigenvalue weighted by molar-refractivity contribution is 5.95. The fourth-order valence-corrected chi connectivity index (χ4v) is 4.71. The Kier molecular flexibility index (Phi) is 6.76. The number of aromatic amines is 1. The zero-order chi connectivity index (χ0) is 25.9. The molecule has 0 saturated carbocycles. The van der Waals surface area contributed by atoms with Gasteiger partial charge in [0.1, 0.15) is 6.07 Å². The van der Waals surface area contributed by atoms with Crippen LogP contribution < -0.4 is 5.32 Å². The number of amides is 1. The maximum atomic E-state index is 13.1. The van der Waals surface area contributed by atoms with Gasteiger partial charge in [-0.15, -0.1) is 0 Å². The largest absolute Gasteiger partial charge is 0.361 e. The lowest BCUT2D eigenvalue weighted by Gasteiger charge is -2.32. The molecule has 1 aliphatic rings. The number of aromatic nitrogens is 2. The third-order valence-corrected chi connectivity index (χ3v) is 7.12. The summed E-state index contributed by atoms with van der Waals surface area (Å²) in [6.07, 6.45) is 9.19. The molecule has 0 radical (unpaired) electrons. The number of pyridine rings is 1. The SMILES string of the molecule is Cc1ccc(C(=O)N2CCN(C)CC2)cc1C=Cc1cncc(C#N)c1Nc1ccc2[nH]ccc2c1C. The molecule has 1 fully saturated rings. The summed E-state index contributed by atoms with van der Waals surface area (Å²) in [5.41, 5.74) is 7.77. The fraction of sp³-hybridized carbons (Fsp3) is 0.233. The second-order valence-electron chi connectivity index (χ2n) is 9.57. The number of rotatable bonds is 5. The van der Waals surface area contributed by atoms with E-state index < -0.39 is 0 Å². The number of aryl methyl sites for hydroxylation is 2. The first kappa shape index (κ1) is 24.3. The summed E-state index contributed by atoms with van der Waals surface area (Å²) in [6.45, 7) is 7.35. The molecule has 37 heavy (non-hydrogen) atoms. The number of hydrogen-bond donors (Lipinski definition) is 2. The van der Waals surface area contributed by atoms with Gasteiger partial charge in [0.05, 0.1) is 11.3 Å². The van der Waals surface area contributed by atoms with Gasteiger partial charge in [-0.2, -0.15) is 5.26 Å². The lowest BCUT2D eigenvalue weighted by Crippen LogP contribution is -2.47. The molecule has 1 amide bonds. The second-order valence-corrected chi connectivity index (χ2v) is 9.57. The van der Waals surface area contributed by atoms with E-state index in [1.807, 2.05) is 66.6 Å². The summed E-state index contributed by atoms with van der Waals surface area (Å²) >= 11 is 0. The number of piperazine rings is 1. The fourth-order valence-electron chi connectivity index (χ4n) is 4.71. The van der Waals surface area contributed by atoms with Crippen molar-refractivity contribution in [1.29, 1.82) is 5.26 Å². The molecule has 2 aromatic carbocycles. The zero-order valence-electron chi connectivity index (χ0n) is 21.4. The number of benzene rings is 2. The van der Waals surface area contributed by atoms with Gasteiger partial charge in [-0.05, 0) is 67.9 Å². The smallest absolute Gasteiger partial charge is 0.253 e. The van der Waals surface area contributed by atoms with Crippen molar-refractivity contribution in [2.75, 3.05) is 38.5 Å². The van der Waals surface area contributed by atoms with E-state index in [2.05, 4.69) is 40.2 Å². The summed E-state index contributed by atoms with van der Waals surface area (Å²) < 4.78 is 0. The van der Waals surface area contributed by atoms with Crippen molar-refractivity contribution in [1.82, 2.24) is 19.8 Å². The molecule has 7 heteroatoms. The van der Waals surface area contributed by atoms with Gasteiger partial charge in [-0.25, -0.2) is 0 Å². The standard InChI is InChI=1S/C30H30N6O/c1-20-4-5-23(30(37)36-14-12-35(3)13-15-36)16-22(20)6-7-24-18-32-19-25(17-31)29(24)34-27-8-9-28-26(21(27)2)10-11-33-28/h4-11,16,18-19,33H,12-15H2,1-3H3,(H,32,34). The molecule has 0 aliphatic carbocycles. The van der Waals surface area contributed by atoms with E-state index in [4.69, 9.17) is 0 Å². The van der Waals surface area contributed by atoms with Crippen LogP contribution in [-0.4, -0.2) is 58.9 Å². The van der Waals surface area contributed by atoms with Crippen molar-refractivity contribution in [3.05, 3.63) is 88.4 Å². The number of nitrogens with one attached hydrogen (secondary N) is 2. The molecule has 3 heterocycles. The van der Waals surface area contributed by atoms with Gasteiger partial charge in [0, 0.05) is 72.5 Å². The Bertz CT molecular complexity index is 1540. The van der Waals surface area contributed by atoms with Crippen LogP contribution >= 0.6 is 0 Å². The molecule has 1 aliphatic heterocycles. The number of hydrogen-bond acceptors (Lipinski definition) is 5. The van der Waals surface area contributed by atoms with Gasteiger partial charge in [0.2, 0.25) is 0 Å². The number of nitrogens with zero attached hydrogens (tertiary/aromatic N) is 4. The number of H-pyrrole nitrogens is 1. The summed E-state index contributed by atoms with van der Waals surface area (Å²) in [6, 6.07) is 14.2. The number of likely N-dealkylation sites (N-methyl/N-ethyl adjacent to an activating group) is 1. The molecule has 4 aromatic rings. The minimum absolute atomic E-state index is 0.0638. The van der Waals surface area contributed by atoms with Crippen molar-refractivity contribution in [3.8, 4) is 6.07 Å². The van der Waals surface area contributed by atoms with E-state index in [9.17, 15) is 10.1 Å². The van der Waals surface area contributed by atoms with Crippen LogP contribution in [0.15, 0.2) is 55.0 Å². The number of carbonyl (C=O) groups excluding carboxylic acids is 1. The lowest BCUT2D eigenvalue weighted by atomic mass is 10.0. The van der Waals surface area contributed by atoms with Crippen LogP contribution in [0.2, 0.25) is 0 Å². The molecule has 5 rings (SSSR count). The molecule has 0 unspecified atom stereocenters. The molecule has 0 spiro atoms. The van der Waals surface area contributed by atoms with Crippen LogP contribution in [-0.2, 0) is 0 Å². The van der Waals surface area contributed by atoms with E-state index in [0.29, 0.717) is 16.8 Å². The van der Waals surface area contributed by atoms with Crippen LogP contribution in [0, 0.1) is 25.2 Å². The first-order valence-electron chi connectivity index (χ1n) is 12.4. The quantitative estimate of drug-likeness (QED) is 0.394. The maximum absolute atomic E-state index is 13.1. The summed E-state index contributed by atoms with van der Waals surface area (Å²) in [5, 5.41) is 14.4. The zero-order valence-corrected chi connectivity index (χ0v) is 21.4. The van der Waals surface area contributed by atoms with Crippen molar-refractivity contribution >= 4 is 40.3 Å². The predicted octanol–water partition coefficient (Wildman–Crippen LogP) is 5.35. The minimum atomic E-state index is 0.0638. The Balaban J connectivity index is 1.45. The summed E-state index contributed by atoms with van der Waals surface area (Å²) in [5.74, 6) is 0.0638. The Labute approximate surface area is 217 Å². The van der Waals surface area contributed by atoms with Crippen LogP contribution in [0.5, 0.6) is 0 Å². The van der Waals surface area contributed by atoms with Crippen molar-refractivity contribution in [2.45, 2.75) is 13.8 Å². The van der Waals surface area contributed by atoms with Gasteiger partial charge in [0.15, 0.2) is 0 Å². The summed E-state index contributed by atoms with van der Waals surface area (Å²) in [4.78, 5) is 24.8.